The normalized spacial score (nSPS) is 18.2. The van der Waals surface area contributed by atoms with Crippen molar-refractivity contribution in [1.29, 1.82) is 0 Å². The topological polar surface area (TPSA) is 44.8 Å². The maximum absolute atomic E-state index is 13.2. The highest BCUT2D eigenvalue weighted by atomic mass is 16.5. The molecule has 0 unspecified atom stereocenters. The molecule has 2 heterocycles. The number of nitrogens with zero attached hydrogens (tertiary/aromatic N) is 2. The Morgan fingerprint density at radius 2 is 1.85 bits per heavy atom. The van der Waals surface area contributed by atoms with E-state index >= 15 is 0 Å². The van der Waals surface area contributed by atoms with E-state index in [9.17, 15) is 4.79 Å². The van der Waals surface area contributed by atoms with E-state index in [1.807, 2.05) is 31.2 Å². The molecule has 5 heteroatoms. The molecule has 33 heavy (non-hydrogen) atoms. The maximum atomic E-state index is 13.2. The summed E-state index contributed by atoms with van der Waals surface area (Å²) in [6.45, 7) is 9.63. The van der Waals surface area contributed by atoms with Crippen LogP contribution in [0.2, 0.25) is 0 Å². The van der Waals surface area contributed by atoms with Gasteiger partial charge in [0.2, 0.25) is 0 Å². The fraction of sp³-hybridized carbons (Fsp3) is 0.464. The summed E-state index contributed by atoms with van der Waals surface area (Å²) < 4.78 is 5.31. The lowest BCUT2D eigenvalue weighted by Crippen LogP contribution is -2.37. The van der Waals surface area contributed by atoms with Gasteiger partial charge >= 0.3 is 0 Å². The Morgan fingerprint density at radius 3 is 2.42 bits per heavy atom. The minimum atomic E-state index is -0.270. The summed E-state index contributed by atoms with van der Waals surface area (Å²) in [5.74, 6) is 0.670. The lowest BCUT2D eigenvalue weighted by molar-refractivity contribution is 0.0929. The predicted octanol–water partition coefficient (Wildman–Crippen LogP) is 4.77. The van der Waals surface area contributed by atoms with Gasteiger partial charge in [0.25, 0.3) is 5.91 Å². The van der Waals surface area contributed by atoms with Crippen LogP contribution in [-0.4, -0.2) is 51.6 Å². The molecule has 0 radical (unpaired) electrons. The Hall–Kier alpha value is -2.79. The third-order valence-electron chi connectivity index (χ3n) is 7.20. The van der Waals surface area contributed by atoms with E-state index < -0.39 is 0 Å². The Bertz CT molecular complexity index is 1040. The number of carbonyl (C=O) groups excluding carboxylic acids is 1. The molecule has 2 fully saturated rings. The number of ether oxygens (including phenoxy) is 1. The fourth-order valence-corrected chi connectivity index (χ4v) is 4.76. The zero-order valence-corrected chi connectivity index (χ0v) is 20.5. The highest BCUT2D eigenvalue weighted by Gasteiger charge is 2.48. The number of hydrogen-bond donors (Lipinski definition) is 1. The number of likely N-dealkylation sites (tertiary alicyclic amines) is 1. The van der Waals surface area contributed by atoms with Crippen LogP contribution in [0.25, 0.3) is 6.08 Å². The molecular formula is C28H37N3O2. The van der Waals surface area contributed by atoms with Crippen LogP contribution >= 0.6 is 0 Å². The number of carbonyl (C=O) groups is 1. The van der Waals surface area contributed by atoms with E-state index in [-0.39, 0.29) is 11.4 Å². The molecule has 0 bridgehead atoms. The summed E-state index contributed by atoms with van der Waals surface area (Å²) in [6.07, 6.45) is 7.45. The summed E-state index contributed by atoms with van der Waals surface area (Å²) in [4.78, 5) is 17.8. The van der Waals surface area contributed by atoms with Crippen LogP contribution in [0.5, 0.6) is 5.75 Å². The molecular weight excluding hydrogens is 410 g/mol. The quantitative estimate of drug-likeness (QED) is 0.717. The van der Waals surface area contributed by atoms with Gasteiger partial charge in [-0.3, -0.25) is 4.79 Å². The molecule has 2 aliphatic heterocycles. The number of amides is 1. The molecule has 5 nitrogen and oxygen atoms in total. The van der Waals surface area contributed by atoms with Crippen molar-refractivity contribution in [2.24, 2.45) is 0 Å². The van der Waals surface area contributed by atoms with E-state index in [1.165, 1.54) is 36.3 Å². The Morgan fingerprint density at radius 1 is 1.12 bits per heavy atom. The van der Waals surface area contributed by atoms with Crippen molar-refractivity contribution in [1.82, 2.24) is 10.2 Å². The lowest BCUT2D eigenvalue weighted by Gasteiger charge is -2.32. The fourth-order valence-electron chi connectivity index (χ4n) is 4.76. The first-order valence-electron chi connectivity index (χ1n) is 12.0. The highest BCUT2D eigenvalue weighted by Crippen LogP contribution is 2.50. The van der Waals surface area contributed by atoms with Gasteiger partial charge in [-0.2, -0.15) is 0 Å². The number of hydrogen-bond acceptors (Lipinski definition) is 4. The number of aryl methyl sites for hydroxylation is 1. The van der Waals surface area contributed by atoms with Crippen LogP contribution in [0.3, 0.4) is 0 Å². The summed E-state index contributed by atoms with van der Waals surface area (Å²) >= 11 is 0. The average Bonchev–Trinajstić information content (AvgIpc) is 3.58. The molecule has 1 saturated heterocycles. The minimum Gasteiger partial charge on any atom is -0.497 e. The number of benzene rings is 2. The van der Waals surface area contributed by atoms with Gasteiger partial charge in [0.05, 0.1) is 12.6 Å². The molecule has 1 N–H and O–H groups in total. The van der Waals surface area contributed by atoms with Gasteiger partial charge in [0.15, 0.2) is 0 Å². The third kappa shape index (κ3) is 4.93. The van der Waals surface area contributed by atoms with Crippen molar-refractivity contribution < 1.29 is 9.53 Å². The van der Waals surface area contributed by atoms with Crippen molar-refractivity contribution >= 4 is 17.7 Å². The molecule has 2 aromatic carbocycles. The van der Waals surface area contributed by atoms with Crippen LogP contribution < -0.4 is 15.0 Å². The molecule has 1 aliphatic carbocycles. The molecule has 2 aromatic rings. The van der Waals surface area contributed by atoms with Crippen LogP contribution in [0.1, 0.15) is 58.3 Å². The van der Waals surface area contributed by atoms with E-state index in [1.54, 1.807) is 7.11 Å². The smallest absolute Gasteiger partial charge is 0.252 e. The van der Waals surface area contributed by atoms with Gasteiger partial charge in [-0.05, 0) is 106 Å². The molecule has 1 amide bonds. The molecule has 0 spiro atoms. The standard InChI is InChI=1S/C24H28N2O2.C4H9N/c1-5-17-13-21(19-7-6-12-26(3)22(19)14-17)24(10-11-24)25-23(27)20-15-18(28-4)9-8-16(20)2;1-5-3-2-4-5/h5,8-9,13-15H,1,6-7,10-12H2,2-4H3,(H,25,27);2-4H2,1H3. The first kappa shape index (κ1) is 23.4. The molecule has 1 saturated carbocycles. The van der Waals surface area contributed by atoms with Gasteiger partial charge in [0.1, 0.15) is 5.75 Å². The van der Waals surface area contributed by atoms with Crippen LogP contribution in [0, 0.1) is 6.92 Å². The van der Waals surface area contributed by atoms with Crippen molar-refractivity contribution in [3.8, 4) is 5.75 Å². The van der Waals surface area contributed by atoms with Crippen molar-refractivity contribution in [2.45, 2.75) is 44.6 Å². The third-order valence-corrected chi connectivity index (χ3v) is 7.20. The maximum Gasteiger partial charge on any atom is 0.252 e. The van der Waals surface area contributed by atoms with Crippen molar-refractivity contribution in [2.75, 3.05) is 45.7 Å². The number of fused-ring (bicyclic) bond motifs is 1. The van der Waals surface area contributed by atoms with Gasteiger partial charge in [-0.1, -0.05) is 18.7 Å². The van der Waals surface area contributed by atoms with Crippen molar-refractivity contribution in [3.05, 3.63) is 64.7 Å². The average molecular weight is 448 g/mol. The summed E-state index contributed by atoms with van der Waals surface area (Å²) in [7, 11) is 5.91. The predicted molar refractivity (Wildman–Crippen MR) is 136 cm³/mol. The Balaban J connectivity index is 0.000000459. The first-order chi connectivity index (χ1) is 15.9. The van der Waals surface area contributed by atoms with Gasteiger partial charge in [-0.25, -0.2) is 0 Å². The minimum absolute atomic E-state index is 0.0316. The van der Waals surface area contributed by atoms with E-state index in [0.717, 1.165) is 43.4 Å². The monoisotopic (exact) mass is 447 g/mol. The lowest BCUT2D eigenvalue weighted by atomic mass is 9.88. The molecule has 3 aliphatic rings. The second-order valence-electron chi connectivity index (χ2n) is 9.67. The Kier molecular flexibility index (Phi) is 6.80. The molecule has 176 valence electrons. The number of nitrogens with one attached hydrogen (secondary N) is 1. The van der Waals surface area contributed by atoms with Crippen LogP contribution in [0.15, 0.2) is 36.9 Å². The van der Waals surface area contributed by atoms with Crippen LogP contribution in [-0.2, 0) is 12.0 Å². The van der Waals surface area contributed by atoms with Gasteiger partial charge < -0.3 is 19.9 Å². The number of methoxy groups -OCH3 is 1. The van der Waals surface area contributed by atoms with Gasteiger partial charge in [-0.15, -0.1) is 0 Å². The zero-order valence-electron chi connectivity index (χ0n) is 20.5. The molecule has 0 aromatic heterocycles. The molecule has 5 rings (SSSR count). The largest absolute Gasteiger partial charge is 0.497 e. The summed E-state index contributed by atoms with van der Waals surface area (Å²) in [5.41, 5.74) is 6.39. The SMILES string of the molecule is C=Cc1cc2c(c(C3(NC(=O)c4cc(OC)ccc4C)CC3)c1)CCCN2C.CN1CCC1. The zero-order chi connectivity index (χ0) is 23.6. The van der Waals surface area contributed by atoms with Gasteiger partial charge in [0, 0.05) is 24.8 Å². The summed E-state index contributed by atoms with van der Waals surface area (Å²) in [6, 6.07) is 10.1. The highest BCUT2D eigenvalue weighted by molar-refractivity contribution is 5.97. The first-order valence-corrected chi connectivity index (χ1v) is 12.0. The van der Waals surface area contributed by atoms with E-state index in [2.05, 4.69) is 47.9 Å². The van der Waals surface area contributed by atoms with E-state index in [0.29, 0.717) is 11.3 Å². The second kappa shape index (κ2) is 9.60. The Labute approximate surface area is 198 Å². The van der Waals surface area contributed by atoms with Crippen molar-refractivity contribution in [3.63, 3.8) is 0 Å². The number of rotatable bonds is 5. The second-order valence-corrected chi connectivity index (χ2v) is 9.67. The summed E-state index contributed by atoms with van der Waals surface area (Å²) in [5, 5.41) is 3.36. The molecule has 0 atom stereocenters. The number of anilines is 1. The van der Waals surface area contributed by atoms with Crippen LogP contribution in [0.4, 0.5) is 5.69 Å². The van der Waals surface area contributed by atoms with E-state index in [4.69, 9.17) is 4.74 Å².